The number of carbonyl (C=O) groups is 2. The van der Waals surface area contributed by atoms with Crippen LogP contribution in [0.1, 0.15) is 144 Å². The van der Waals surface area contributed by atoms with Gasteiger partial charge in [0, 0.05) is 57.2 Å². The highest BCUT2D eigenvalue weighted by atomic mass is 32.2. The zero-order valence-electron chi connectivity index (χ0n) is 41.3. The molecular weight excluding hydrogens is 901 g/mol. The van der Waals surface area contributed by atoms with Crippen LogP contribution in [-0.4, -0.2) is 76.9 Å². The first-order valence-electron chi connectivity index (χ1n) is 25.6. The van der Waals surface area contributed by atoms with E-state index in [1.807, 2.05) is 0 Å². The maximum absolute atomic E-state index is 14.6. The molecule has 3 N–H and O–H groups in total. The van der Waals surface area contributed by atoms with Crippen molar-refractivity contribution < 1.29 is 32.5 Å². The number of carbonyl (C=O) groups excluding carboxylic acids is 2. The topological polar surface area (TPSA) is 233 Å². The Morgan fingerprint density at radius 1 is 0.812 bits per heavy atom. The summed E-state index contributed by atoms with van der Waals surface area (Å²) in [6, 6.07) is 8.10. The number of nitrogens with one attached hydrogen (secondary N) is 3. The Bertz CT molecular complexity index is 2460. The fraction of sp³-hybridized carbons (Fsp3) is 0.686. The lowest BCUT2D eigenvalue weighted by Gasteiger charge is -2.59. The van der Waals surface area contributed by atoms with Gasteiger partial charge in [-0.05, 0) is 139 Å². The predicted octanol–water partition coefficient (Wildman–Crippen LogP) is 10.1. The number of sulfonamides is 1. The third-order valence-electron chi connectivity index (χ3n) is 16.9. The van der Waals surface area contributed by atoms with E-state index in [9.17, 15) is 38.2 Å². The lowest BCUT2D eigenvalue weighted by atomic mass is 9.47. The number of benzene rings is 2. The molecule has 2 amide bonds. The van der Waals surface area contributed by atoms with Crippen LogP contribution in [0.2, 0.25) is 0 Å². The minimum Gasteiger partial charge on any atom is -0.383 e. The first-order chi connectivity index (χ1) is 33.0. The van der Waals surface area contributed by atoms with Crippen molar-refractivity contribution in [3.63, 3.8) is 0 Å². The van der Waals surface area contributed by atoms with E-state index in [2.05, 4.69) is 67.0 Å². The maximum Gasteiger partial charge on any atom is 0.300 e. The van der Waals surface area contributed by atoms with E-state index in [0.29, 0.717) is 61.1 Å². The molecular formula is C51H74N8O9S. The van der Waals surface area contributed by atoms with Crippen molar-refractivity contribution in [1.82, 2.24) is 25.3 Å². The quantitative estimate of drug-likeness (QED) is 0.0329. The SMILES string of the molecule is CC(C)CCCC(C)[C@H]1CCC2C3CC=C4CC(N(CCCNC(=O)CCNC(=O)CCCCCNc5ccc([N+](=O)[O-])c6nonc56)S(=O)(=O)c5ccccc5[N+](=O)[O-])CC[C@]4(C)C3CC[C@@]21C. The number of rotatable bonds is 24. The molecule has 0 aliphatic heterocycles. The molecule has 8 atom stereocenters. The highest BCUT2D eigenvalue weighted by Crippen LogP contribution is 2.67. The van der Waals surface area contributed by atoms with E-state index in [1.165, 1.54) is 85.2 Å². The van der Waals surface area contributed by atoms with Crippen molar-refractivity contribution in [2.24, 2.45) is 46.3 Å². The summed E-state index contributed by atoms with van der Waals surface area (Å²) in [4.78, 5) is 47.2. The van der Waals surface area contributed by atoms with Crippen LogP contribution in [0.15, 0.2) is 57.6 Å². The number of aromatic nitrogens is 2. The van der Waals surface area contributed by atoms with E-state index in [0.717, 1.165) is 43.4 Å². The molecule has 17 nitrogen and oxygen atoms in total. The largest absolute Gasteiger partial charge is 0.383 e. The lowest BCUT2D eigenvalue weighted by molar-refractivity contribution is -0.387. The van der Waals surface area contributed by atoms with Crippen molar-refractivity contribution in [2.45, 2.75) is 155 Å². The number of hydrogen-bond acceptors (Lipinski definition) is 12. The number of anilines is 1. The van der Waals surface area contributed by atoms with Crippen LogP contribution in [0.5, 0.6) is 0 Å². The van der Waals surface area contributed by atoms with Crippen molar-refractivity contribution in [3.8, 4) is 0 Å². The monoisotopic (exact) mass is 975 g/mol. The number of unbranched alkanes of at least 4 members (excludes halogenated alkanes) is 2. The number of amides is 2. The summed E-state index contributed by atoms with van der Waals surface area (Å²) in [6.45, 7) is 13.2. The smallest absolute Gasteiger partial charge is 0.300 e. The molecule has 0 radical (unpaired) electrons. The average Bonchev–Trinajstić information content (AvgIpc) is 3.95. The molecule has 3 aromatic rings. The molecule has 4 aliphatic carbocycles. The average molecular weight is 975 g/mol. The first kappa shape index (κ1) is 51.9. The van der Waals surface area contributed by atoms with Crippen LogP contribution in [0, 0.1) is 66.6 Å². The standard InChI is InChI=1S/C51H74N8O9S/c1-34(2)13-11-14-35(3)39-20-21-40-38-19-18-36-33-37(24-27-50(36,4)41(38)25-28-51(39,40)5)57(69(66,67)45-16-9-8-15-43(45)58(62)63)32-12-30-53-47(61)26-31-54-46(60)17-7-6-10-29-52-42-22-23-44(59(64)65)49-48(42)55-68-56-49/h8-9,15-16,18,22-23,34-35,37-41,52H,6-7,10-14,17,19-21,24-33H2,1-5H3,(H,53,61)(H,54,60)/t35?,37?,38?,39-,40?,41?,50+,51-/m1/s1. The van der Waals surface area contributed by atoms with Crippen molar-refractivity contribution in [3.05, 3.63) is 68.3 Å². The molecule has 1 aromatic heterocycles. The Labute approximate surface area is 407 Å². The number of hydrogen-bond donors (Lipinski definition) is 3. The molecule has 2 aromatic carbocycles. The van der Waals surface area contributed by atoms with E-state index in [4.69, 9.17) is 4.63 Å². The van der Waals surface area contributed by atoms with Crippen LogP contribution in [0.3, 0.4) is 0 Å². The van der Waals surface area contributed by atoms with Crippen molar-refractivity contribution >= 4 is 49.9 Å². The maximum atomic E-state index is 14.6. The summed E-state index contributed by atoms with van der Waals surface area (Å²) in [5.74, 6) is 3.71. The molecule has 1 heterocycles. The second-order valence-corrected chi connectivity index (χ2v) is 23.3. The van der Waals surface area contributed by atoms with Crippen LogP contribution in [0.25, 0.3) is 11.0 Å². The summed E-state index contributed by atoms with van der Waals surface area (Å²) < 4.78 is 35.4. The summed E-state index contributed by atoms with van der Waals surface area (Å²) in [7, 11) is -4.29. The summed E-state index contributed by atoms with van der Waals surface area (Å²) in [5, 5.41) is 39.6. The van der Waals surface area contributed by atoms with Gasteiger partial charge in [0.15, 0.2) is 10.4 Å². The second kappa shape index (κ2) is 22.4. The normalized spacial score (nSPS) is 25.9. The number of allylic oxidation sites excluding steroid dienone is 1. The van der Waals surface area contributed by atoms with Gasteiger partial charge in [-0.15, -0.1) is 0 Å². The molecule has 3 fully saturated rings. The summed E-state index contributed by atoms with van der Waals surface area (Å²) in [5.41, 5.74) is 1.98. The van der Waals surface area contributed by atoms with Crippen molar-refractivity contribution in [1.29, 1.82) is 0 Å². The number of non-ortho nitro benzene ring substituents is 1. The zero-order chi connectivity index (χ0) is 49.5. The van der Waals surface area contributed by atoms with E-state index >= 15 is 0 Å². The highest BCUT2D eigenvalue weighted by Gasteiger charge is 2.59. The minimum absolute atomic E-state index is 0.0134. The Balaban J connectivity index is 0.893. The van der Waals surface area contributed by atoms with Gasteiger partial charge in [-0.3, -0.25) is 29.8 Å². The fourth-order valence-corrected chi connectivity index (χ4v) is 15.1. The van der Waals surface area contributed by atoms with E-state index in [1.54, 1.807) is 6.07 Å². The molecule has 378 valence electrons. The fourth-order valence-electron chi connectivity index (χ4n) is 13.3. The molecule has 0 spiro atoms. The number of nitro benzene ring substituents is 2. The van der Waals surface area contributed by atoms with Gasteiger partial charge in [0.25, 0.3) is 5.69 Å². The van der Waals surface area contributed by atoms with Crippen LogP contribution in [-0.2, 0) is 19.6 Å². The predicted molar refractivity (Wildman–Crippen MR) is 264 cm³/mol. The van der Waals surface area contributed by atoms with Gasteiger partial charge < -0.3 is 16.0 Å². The Kier molecular flexibility index (Phi) is 16.8. The Morgan fingerprint density at radius 3 is 2.32 bits per heavy atom. The van der Waals surface area contributed by atoms with Gasteiger partial charge in [0.1, 0.15) is 0 Å². The lowest BCUT2D eigenvalue weighted by Crippen LogP contribution is -2.53. The van der Waals surface area contributed by atoms with E-state index < -0.39 is 25.6 Å². The third-order valence-corrected chi connectivity index (χ3v) is 18.9. The molecule has 0 bridgehead atoms. The Hall–Kier alpha value is -4.97. The summed E-state index contributed by atoms with van der Waals surface area (Å²) >= 11 is 0. The van der Waals surface area contributed by atoms with Crippen molar-refractivity contribution in [2.75, 3.05) is 31.5 Å². The molecule has 5 unspecified atom stereocenters. The Morgan fingerprint density at radius 2 is 1.55 bits per heavy atom. The van der Waals surface area contributed by atoms with Crippen LogP contribution < -0.4 is 16.0 Å². The van der Waals surface area contributed by atoms with Gasteiger partial charge >= 0.3 is 5.69 Å². The van der Waals surface area contributed by atoms with Crippen LogP contribution >= 0.6 is 0 Å². The molecule has 7 rings (SSSR count). The molecule has 0 saturated heterocycles. The third kappa shape index (κ3) is 11.5. The van der Waals surface area contributed by atoms with E-state index in [-0.39, 0.29) is 77.4 Å². The second-order valence-electron chi connectivity index (χ2n) is 21.4. The first-order valence-corrected chi connectivity index (χ1v) is 27.0. The molecule has 4 aliphatic rings. The summed E-state index contributed by atoms with van der Waals surface area (Å²) in [6.07, 6.45) is 17.4. The number of para-hydroxylation sites is 1. The number of nitrogens with zero attached hydrogens (tertiary/aromatic N) is 5. The van der Waals surface area contributed by atoms with Gasteiger partial charge in [-0.2, -0.15) is 4.31 Å². The number of nitro groups is 2. The zero-order valence-corrected chi connectivity index (χ0v) is 42.1. The number of fused-ring (bicyclic) bond motifs is 6. The van der Waals surface area contributed by atoms with Gasteiger partial charge in [0.05, 0.1) is 15.5 Å². The van der Waals surface area contributed by atoms with Crippen LogP contribution in [0.4, 0.5) is 17.1 Å². The minimum atomic E-state index is -4.29. The van der Waals surface area contributed by atoms with Gasteiger partial charge in [-0.1, -0.05) is 84.1 Å². The van der Waals surface area contributed by atoms with Gasteiger partial charge in [-0.25, -0.2) is 13.0 Å². The molecule has 18 heteroatoms. The molecule has 69 heavy (non-hydrogen) atoms. The highest BCUT2D eigenvalue weighted by molar-refractivity contribution is 7.89. The molecule has 3 saturated carbocycles. The van der Waals surface area contributed by atoms with Gasteiger partial charge in [0.2, 0.25) is 27.4 Å².